The van der Waals surface area contributed by atoms with Gasteiger partial charge in [0.1, 0.15) is 0 Å². The number of rotatable bonds is 3. The van der Waals surface area contributed by atoms with Gasteiger partial charge in [0.25, 0.3) is 0 Å². The lowest BCUT2D eigenvalue weighted by Crippen LogP contribution is -2.57. The van der Waals surface area contributed by atoms with Gasteiger partial charge in [-0.1, -0.05) is 44.6 Å². The third kappa shape index (κ3) is 2.48. The van der Waals surface area contributed by atoms with E-state index in [2.05, 4.69) is 61.4 Å². The molecule has 0 aromatic rings. The Morgan fingerprint density at radius 3 is 2.24 bits per heavy atom. The Morgan fingerprint density at radius 1 is 1.12 bits per heavy atom. The van der Waals surface area contributed by atoms with Gasteiger partial charge >= 0.3 is 0 Å². The van der Waals surface area contributed by atoms with Gasteiger partial charge in [-0.2, -0.15) is 0 Å². The lowest BCUT2D eigenvalue weighted by atomic mass is 9.78. The number of nitrogens with zero attached hydrogens (tertiary/aromatic N) is 2. The van der Waals surface area contributed by atoms with Crippen LogP contribution in [0.3, 0.4) is 0 Å². The van der Waals surface area contributed by atoms with Crippen molar-refractivity contribution in [1.29, 1.82) is 0 Å². The van der Waals surface area contributed by atoms with Crippen molar-refractivity contribution in [2.45, 2.75) is 25.8 Å². The standard InChI is InChI=1S/C15H25N2/c1-4-14(2)15(8-6-5-7-9-15)17-12-10-16(3)11-13-17/h5-9,14H,4,10-13H2,1-3H3. The van der Waals surface area contributed by atoms with Crippen LogP contribution in [-0.4, -0.2) is 48.6 Å². The van der Waals surface area contributed by atoms with E-state index in [1.807, 2.05) is 0 Å². The van der Waals surface area contributed by atoms with E-state index >= 15 is 0 Å². The minimum absolute atomic E-state index is 0.157. The van der Waals surface area contributed by atoms with Gasteiger partial charge in [-0.05, 0) is 13.0 Å². The van der Waals surface area contributed by atoms with E-state index in [1.54, 1.807) is 0 Å². The summed E-state index contributed by atoms with van der Waals surface area (Å²) in [7, 11) is 2.22. The highest BCUT2D eigenvalue weighted by Crippen LogP contribution is 2.33. The van der Waals surface area contributed by atoms with Gasteiger partial charge in [0, 0.05) is 32.6 Å². The molecular weight excluding hydrogens is 208 g/mol. The minimum Gasteiger partial charge on any atom is -0.304 e. The number of hydrogen-bond acceptors (Lipinski definition) is 2. The van der Waals surface area contributed by atoms with Crippen LogP contribution in [0.5, 0.6) is 0 Å². The molecule has 0 amide bonds. The molecule has 1 saturated heterocycles. The monoisotopic (exact) mass is 233 g/mol. The van der Waals surface area contributed by atoms with E-state index in [9.17, 15) is 0 Å². The molecule has 2 rings (SSSR count). The molecule has 1 fully saturated rings. The van der Waals surface area contributed by atoms with Crippen molar-refractivity contribution >= 4 is 0 Å². The molecule has 2 aliphatic rings. The molecule has 17 heavy (non-hydrogen) atoms. The van der Waals surface area contributed by atoms with E-state index in [-0.39, 0.29) is 5.54 Å². The third-order valence-corrected chi connectivity index (χ3v) is 4.40. The fraction of sp³-hybridized carbons (Fsp3) is 0.667. The Kier molecular flexibility index (Phi) is 4.05. The lowest BCUT2D eigenvalue weighted by Gasteiger charge is -2.48. The van der Waals surface area contributed by atoms with Crippen LogP contribution in [0.15, 0.2) is 24.3 Å². The van der Waals surface area contributed by atoms with E-state index in [0.717, 1.165) is 0 Å². The summed E-state index contributed by atoms with van der Waals surface area (Å²) in [5.41, 5.74) is 0.157. The quantitative estimate of drug-likeness (QED) is 0.738. The molecule has 1 heterocycles. The van der Waals surface area contributed by atoms with E-state index in [1.165, 1.54) is 32.6 Å². The summed E-state index contributed by atoms with van der Waals surface area (Å²) in [4.78, 5) is 5.07. The summed E-state index contributed by atoms with van der Waals surface area (Å²) in [5.74, 6) is 0.673. The minimum atomic E-state index is 0.157. The van der Waals surface area contributed by atoms with Crippen molar-refractivity contribution in [2.75, 3.05) is 33.2 Å². The Bertz CT molecular complexity index is 286. The molecule has 1 unspecified atom stereocenters. The van der Waals surface area contributed by atoms with Gasteiger partial charge < -0.3 is 4.90 Å². The Morgan fingerprint density at radius 2 is 1.71 bits per heavy atom. The van der Waals surface area contributed by atoms with Gasteiger partial charge in [0.05, 0.1) is 5.54 Å². The summed E-state index contributed by atoms with van der Waals surface area (Å²) in [5, 5.41) is 0. The SMILES string of the molecule is CCC(C)C1(N2CCN(C)CC2)C=C[CH]C=C1. The van der Waals surface area contributed by atoms with Gasteiger partial charge in [0.2, 0.25) is 0 Å². The van der Waals surface area contributed by atoms with Crippen molar-refractivity contribution in [3.8, 4) is 0 Å². The van der Waals surface area contributed by atoms with Crippen molar-refractivity contribution in [3.63, 3.8) is 0 Å². The van der Waals surface area contributed by atoms with Crippen molar-refractivity contribution in [2.24, 2.45) is 5.92 Å². The van der Waals surface area contributed by atoms with Crippen LogP contribution in [0.25, 0.3) is 0 Å². The molecule has 2 nitrogen and oxygen atoms in total. The highest BCUT2D eigenvalue weighted by atomic mass is 15.3. The lowest BCUT2D eigenvalue weighted by molar-refractivity contribution is 0.0632. The predicted octanol–water partition coefficient (Wildman–Crippen LogP) is 2.35. The Labute approximate surface area is 106 Å². The fourth-order valence-corrected chi connectivity index (χ4v) is 2.91. The molecule has 1 radical (unpaired) electrons. The average Bonchev–Trinajstić information content (AvgIpc) is 2.39. The second kappa shape index (κ2) is 5.36. The van der Waals surface area contributed by atoms with Crippen LogP contribution >= 0.6 is 0 Å². The van der Waals surface area contributed by atoms with Crippen LogP contribution < -0.4 is 0 Å². The third-order valence-electron chi connectivity index (χ3n) is 4.40. The van der Waals surface area contributed by atoms with E-state index < -0.39 is 0 Å². The maximum atomic E-state index is 2.65. The summed E-state index contributed by atoms with van der Waals surface area (Å²) >= 11 is 0. The normalized spacial score (nSPS) is 27.2. The summed E-state index contributed by atoms with van der Waals surface area (Å²) < 4.78 is 0. The first-order valence-electron chi connectivity index (χ1n) is 6.83. The smallest absolute Gasteiger partial charge is 0.0602 e. The molecule has 0 N–H and O–H groups in total. The molecule has 0 bridgehead atoms. The van der Waals surface area contributed by atoms with Gasteiger partial charge in [-0.3, -0.25) is 4.90 Å². The number of likely N-dealkylation sites (N-methyl/N-ethyl adjacent to an activating group) is 1. The molecular formula is C15H25N2. The largest absolute Gasteiger partial charge is 0.304 e. The van der Waals surface area contributed by atoms with Crippen molar-refractivity contribution in [3.05, 3.63) is 30.7 Å². The molecule has 0 aromatic carbocycles. The second-order valence-corrected chi connectivity index (χ2v) is 5.40. The maximum absolute atomic E-state index is 2.65. The maximum Gasteiger partial charge on any atom is 0.0602 e. The molecule has 1 aliphatic heterocycles. The topological polar surface area (TPSA) is 6.48 Å². The fourth-order valence-electron chi connectivity index (χ4n) is 2.91. The zero-order valence-electron chi connectivity index (χ0n) is 11.4. The first-order chi connectivity index (χ1) is 8.19. The molecule has 1 aliphatic carbocycles. The Hall–Kier alpha value is -0.600. The predicted molar refractivity (Wildman–Crippen MR) is 73.8 cm³/mol. The first kappa shape index (κ1) is 12.8. The second-order valence-electron chi connectivity index (χ2n) is 5.40. The Balaban J connectivity index is 2.18. The molecule has 95 valence electrons. The zero-order chi connectivity index (χ0) is 12.3. The molecule has 0 spiro atoms. The molecule has 1 atom stereocenters. The number of hydrogen-bond donors (Lipinski definition) is 0. The summed E-state index contributed by atoms with van der Waals surface area (Å²) in [6, 6.07) is 0. The van der Waals surface area contributed by atoms with E-state index in [0.29, 0.717) is 5.92 Å². The van der Waals surface area contributed by atoms with Gasteiger partial charge in [-0.15, -0.1) is 0 Å². The van der Waals surface area contributed by atoms with Crippen molar-refractivity contribution in [1.82, 2.24) is 9.80 Å². The van der Waals surface area contributed by atoms with Crippen LogP contribution in [0, 0.1) is 12.3 Å². The molecule has 2 heteroatoms. The molecule has 0 aromatic heterocycles. The van der Waals surface area contributed by atoms with E-state index in [4.69, 9.17) is 0 Å². The highest BCUT2D eigenvalue weighted by molar-refractivity contribution is 5.31. The van der Waals surface area contributed by atoms with Gasteiger partial charge in [-0.25, -0.2) is 0 Å². The summed E-state index contributed by atoms with van der Waals surface area (Å²) in [6.07, 6.45) is 12.6. The average molecular weight is 233 g/mol. The molecule has 0 saturated carbocycles. The van der Waals surface area contributed by atoms with Crippen LogP contribution in [0.1, 0.15) is 20.3 Å². The van der Waals surface area contributed by atoms with Gasteiger partial charge in [0.15, 0.2) is 0 Å². The van der Waals surface area contributed by atoms with Crippen LogP contribution in [0.4, 0.5) is 0 Å². The van der Waals surface area contributed by atoms with Crippen molar-refractivity contribution < 1.29 is 0 Å². The highest BCUT2D eigenvalue weighted by Gasteiger charge is 2.38. The number of allylic oxidation sites excluding steroid dienone is 2. The number of piperazine rings is 1. The van der Waals surface area contributed by atoms with Crippen LogP contribution in [-0.2, 0) is 0 Å². The summed E-state index contributed by atoms with van der Waals surface area (Å²) in [6.45, 7) is 9.39. The van der Waals surface area contributed by atoms with Crippen LogP contribution in [0.2, 0.25) is 0 Å². The zero-order valence-corrected chi connectivity index (χ0v) is 11.4. The first-order valence-corrected chi connectivity index (χ1v) is 6.83.